The van der Waals surface area contributed by atoms with Crippen molar-refractivity contribution in [3.05, 3.63) is 23.8 Å². The maximum Gasteiger partial charge on any atom is 0.325 e. The van der Waals surface area contributed by atoms with Crippen LogP contribution in [0.25, 0.3) is 0 Å². The average Bonchev–Trinajstić information content (AvgIpc) is 3.56. The number of carbonyl (C=O) groups excluding carboxylic acids is 3. The van der Waals surface area contributed by atoms with Gasteiger partial charge in [-0.25, -0.2) is 13.2 Å². The number of carbonyl (C=O) groups is 3. The number of urea groups is 1. The number of anilines is 1. The number of rotatable bonds is 6. The summed E-state index contributed by atoms with van der Waals surface area (Å²) >= 11 is 0. The number of ether oxygens (including phenoxy) is 1. The van der Waals surface area contributed by atoms with Crippen molar-refractivity contribution in [2.24, 2.45) is 5.92 Å². The molecule has 3 aliphatic rings. The van der Waals surface area contributed by atoms with Crippen LogP contribution < -0.4 is 10.6 Å². The van der Waals surface area contributed by atoms with E-state index in [2.05, 4.69) is 10.6 Å². The first kappa shape index (κ1) is 21.7. The smallest absolute Gasteiger partial charge is 0.325 e. The van der Waals surface area contributed by atoms with E-state index in [4.69, 9.17) is 4.74 Å². The van der Waals surface area contributed by atoms with Crippen molar-refractivity contribution in [2.75, 3.05) is 38.2 Å². The fourth-order valence-corrected chi connectivity index (χ4v) is 5.68. The van der Waals surface area contributed by atoms with Gasteiger partial charge in [-0.05, 0) is 50.3 Å². The number of morpholine rings is 1. The van der Waals surface area contributed by atoms with Gasteiger partial charge in [0.2, 0.25) is 15.9 Å². The first-order valence-electron chi connectivity index (χ1n) is 10.3. The first-order valence-corrected chi connectivity index (χ1v) is 11.7. The Kier molecular flexibility index (Phi) is 5.52. The molecule has 168 valence electrons. The molecular weight excluding hydrogens is 424 g/mol. The molecule has 0 spiro atoms. The molecule has 1 saturated carbocycles. The average molecular weight is 451 g/mol. The molecule has 1 aliphatic carbocycles. The number of nitrogens with zero attached hydrogens (tertiary/aromatic N) is 2. The summed E-state index contributed by atoms with van der Waals surface area (Å²) in [6, 6.07) is 4.01. The molecule has 1 unspecified atom stereocenters. The van der Waals surface area contributed by atoms with Crippen molar-refractivity contribution in [1.29, 1.82) is 0 Å². The molecule has 1 aromatic rings. The Labute approximate surface area is 181 Å². The van der Waals surface area contributed by atoms with Gasteiger partial charge in [-0.2, -0.15) is 4.31 Å². The number of hydrogen-bond acceptors (Lipinski definition) is 6. The van der Waals surface area contributed by atoms with Crippen LogP contribution in [0.15, 0.2) is 23.1 Å². The molecule has 1 aromatic carbocycles. The number of imide groups is 1. The van der Waals surface area contributed by atoms with Gasteiger partial charge in [-0.15, -0.1) is 0 Å². The van der Waals surface area contributed by atoms with Gasteiger partial charge in [0, 0.05) is 18.8 Å². The van der Waals surface area contributed by atoms with E-state index in [0.29, 0.717) is 18.8 Å². The molecule has 2 N–H and O–H groups in total. The molecular formula is C20H26N4O6S. The number of benzene rings is 1. The molecule has 4 rings (SSSR count). The Morgan fingerprint density at radius 1 is 1.26 bits per heavy atom. The second kappa shape index (κ2) is 7.88. The number of nitrogens with one attached hydrogen (secondary N) is 2. The molecule has 4 amide bonds. The van der Waals surface area contributed by atoms with Crippen molar-refractivity contribution in [3.63, 3.8) is 0 Å². The largest absolute Gasteiger partial charge is 0.379 e. The Bertz CT molecular complexity index is 1030. The highest BCUT2D eigenvalue weighted by atomic mass is 32.2. The van der Waals surface area contributed by atoms with E-state index < -0.39 is 40.0 Å². The number of amides is 4. The zero-order valence-electron chi connectivity index (χ0n) is 17.5. The lowest BCUT2D eigenvalue weighted by atomic mass is 9.96. The third kappa shape index (κ3) is 4.04. The third-order valence-corrected chi connectivity index (χ3v) is 8.10. The van der Waals surface area contributed by atoms with Crippen LogP contribution in [0.3, 0.4) is 0 Å². The van der Waals surface area contributed by atoms with Crippen LogP contribution in [-0.4, -0.2) is 73.9 Å². The molecule has 11 heteroatoms. The summed E-state index contributed by atoms with van der Waals surface area (Å²) in [5.41, 5.74) is -0.126. The Hall–Kier alpha value is -2.50. The van der Waals surface area contributed by atoms with Gasteiger partial charge in [-0.1, -0.05) is 6.07 Å². The van der Waals surface area contributed by atoms with Crippen molar-refractivity contribution in [1.82, 2.24) is 14.5 Å². The summed E-state index contributed by atoms with van der Waals surface area (Å²) in [7, 11) is -3.74. The van der Waals surface area contributed by atoms with Gasteiger partial charge in [0.25, 0.3) is 5.91 Å². The second-order valence-corrected chi connectivity index (χ2v) is 10.2. The monoisotopic (exact) mass is 450 g/mol. The van der Waals surface area contributed by atoms with E-state index >= 15 is 0 Å². The highest BCUT2D eigenvalue weighted by Gasteiger charge is 2.56. The summed E-state index contributed by atoms with van der Waals surface area (Å²) in [6.45, 7) is 4.14. The van der Waals surface area contributed by atoms with Crippen LogP contribution in [0.4, 0.5) is 10.5 Å². The molecule has 1 atom stereocenters. The highest BCUT2D eigenvalue weighted by molar-refractivity contribution is 7.89. The first-order chi connectivity index (χ1) is 14.6. The van der Waals surface area contributed by atoms with Crippen LogP contribution in [0.1, 0.15) is 25.3 Å². The lowest BCUT2D eigenvalue weighted by Gasteiger charge is -2.27. The Morgan fingerprint density at radius 3 is 2.58 bits per heavy atom. The van der Waals surface area contributed by atoms with Crippen LogP contribution in [0, 0.1) is 12.8 Å². The fourth-order valence-electron chi connectivity index (χ4n) is 4.02. The molecule has 2 aliphatic heterocycles. The SMILES string of the molecule is Cc1ccc(NC(=O)CN2C(=O)NC(C)(C3CC3)C2=O)cc1S(=O)(=O)N1CCOCC1. The molecule has 2 heterocycles. The van der Waals surface area contributed by atoms with Gasteiger partial charge < -0.3 is 15.4 Å². The predicted molar refractivity (Wildman–Crippen MR) is 111 cm³/mol. The van der Waals surface area contributed by atoms with E-state index in [-0.39, 0.29) is 29.6 Å². The molecule has 0 radical (unpaired) electrons. The lowest BCUT2D eigenvalue weighted by molar-refractivity contribution is -0.134. The van der Waals surface area contributed by atoms with Crippen LogP contribution in [-0.2, 0) is 24.3 Å². The van der Waals surface area contributed by atoms with Gasteiger partial charge in [0.15, 0.2) is 0 Å². The zero-order chi connectivity index (χ0) is 22.4. The summed E-state index contributed by atoms with van der Waals surface area (Å²) in [4.78, 5) is 38.5. The Morgan fingerprint density at radius 2 is 1.94 bits per heavy atom. The predicted octanol–water partition coefficient (Wildman–Crippen LogP) is 0.675. The van der Waals surface area contributed by atoms with Crippen LogP contribution in [0.5, 0.6) is 0 Å². The zero-order valence-corrected chi connectivity index (χ0v) is 18.3. The van der Waals surface area contributed by atoms with Crippen molar-refractivity contribution >= 4 is 33.6 Å². The number of hydrogen-bond donors (Lipinski definition) is 2. The quantitative estimate of drug-likeness (QED) is 0.614. The van der Waals surface area contributed by atoms with Gasteiger partial charge in [-0.3, -0.25) is 14.5 Å². The van der Waals surface area contributed by atoms with Gasteiger partial charge >= 0.3 is 6.03 Å². The van der Waals surface area contributed by atoms with Crippen molar-refractivity contribution < 1.29 is 27.5 Å². The van der Waals surface area contributed by atoms with E-state index in [1.165, 1.54) is 10.4 Å². The topological polar surface area (TPSA) is 125 Å². The van der Waals surface area contributed by atoms with E-state index in [9.17, 15) is 22.8 Å². The second-order valence-electron chi connectivity index (χ2n) is 8.34. The molecule has 0 bridgehead atoms. The van der Waals surface area contributed by atoms with Crippen molar-refractivity contribution in [2.45, 2.75) is 37.1 Å². The van der Waals surface area contributed by atoms with Crippen molar-refractivity contribution in [3.8, 4) is 0 Å². The lowest BCUT2D eigenvalue weighted by Crippen LogP contribution is -2.46. The Balaban J connectivity index is 1.47. The van der Waals surface area contributed by atoms with Crippen LogP contribution in [0.2, 0.25) is 0 Å². The van der Waals surface area contributed by atoms with E-state index in [1.54, 1.807) is 26.0 Å². The summed E-state index contributed by atoms with van der Waals surface area (Å²) < 4.78 is 32.6. The van der Waals surface area contributed by atoms with Crippen LogP contribution >= 0.6 is 0 Å². The van der Waals surface area contributed by atoms with E-state index in [1.807, 2.05) is 0 Å². The number of sulfonamides is 1. The standard InChI is InChI=1S/C20H26N4O6S/c1-13-3-6-15(11-16(13)31(28,29)23-7-9-30-10-8-23)21-17(25)12-24-18(26)20(2,14-4-5-14)22-19(24)27/h3,6,11,14H,4-5,7-10,12H2,1-2H3,(H,21,25)(H,22,27). The summed E-state index contributed by atoms with van der Waals surface area (Å²) in [6.07, 6.45) is 1.73. The third-order valence-electron chi connectivity index (χ3n) is 6.06. The fraction of sp³-hybridized carbons (Fsp3) is 0.550. The molecule has 2 saturated heterocycles. The normalized spacial score (nSPS) is 24.9. The number of aryl methyl sites for hydroxylation is 1. The molecule has 0 aromatic heterocycles. The summed E-state index contributed by atoms with van der Waals surface area (Å²) in [5.74, 6) is -0.890. The minimum absolute atomic E-state index is 0.0991. The van der Waals surface area contributed by atoms with Gasteiger partial charge in [0.1, 0.15) is 12.1 Å². The molecule has 3 fully saturated rings. The summed E-state index contributed by atoms with van der Waals surface area (Å²) in [5, 5.41) is 5.30. The van der Waals surface area contributed by atoms with E-state index in [0.717, 1.165) is 17.7 Å². The maximum atomic E-state index is 13.0. The highest BCUT2D eigenvalue weighted by Crippen LogP contribution is 2.42. The maximum absolute atomic E-state index is 13.0. The molecule has 10 nitrogen and oxygen atoms in total. The minimum atomic E-state index is -3.74. The van der Waals surface area contributed by atoms with Gasteiger partial charge in [0.05, 0.1) is 18.1 Å². The minimum Gasteiger partial charge on any atom is -0.379 e. The molecule has 31 heavy (non-hydrogen) atoms.